The normalized spacial score (nSPS) is 10.6. The van der Waals surface area contributed by atoms with Gasteiger partial charge in [-0.2, -0.15) is 0 Å². The van der Waals surface area contributed by atoms with E-state index in [-0.39, 0.29) is 23.2 Å². The molecule has 0 fully saturated rings. The summed E-state index contributed by atoms with van der Waals surface area (Å²) in [6.07, 6.45) is 0. The van der Waals surface area contributed by atoms with Gasteiger partial charge in [0.05, 0.1) is 30.6 Å². The highest BCUT2D eigenvalue weighted by Gasteiger charge is 2.26. The predicted octanol–water partition coefficient (Wildman–Crippen LogP) is 4.13. The Morgan fingerprint density at radius 3 is 2.08 bits per heavy atom. The Morgan fingerprint density at radius 1 is 0.962 bits per heavy atom. The molecule has 0 saturated heterocycles. The van der Waals surface area contributed by atoms with E-state index in [2.05, 4.69) is 5.32 Å². The first-order chi connectivity index (χ1) is 12.3. The zero-order valence-electron chi connectivity index (χ0n) is 13.5. The number of hydrogen-bond donors (Lipinski definition) is 1. The SMILES string of the molecule is COc1ccc(NC(=O)CSc2c(F)c(F)c(F)c(F)c2F)c(OC)c1. The van der Waals surface area contributed by atoms with Crippen molar-refractivity contribution < 1.29 is 36.2 Å². The Hall–Kier alpha value is -2.49. The summed E-state index contributed by atoms with van der Waals surface area (Å²) in [6, 6.07) is 4.50. The second-order valence-electron chi connectivity index (χ2n) is 4.80. The molecule has 2 aromatic carbocycles. The Bertz CT molecular complexity index is 818. The number of carbonyl (C=O) groups is 1. The fourth-order valence-corrected chi connectivity index (χ4v) is 2.72. The van der Waals surface area contributed by atoms with Crippen LogP contribution in [-0.4, -0.2) is 25.9 Å². The number of amides is 1. The molecule has 4 nitrogen and oxygen atoms in total. The van der Waals surface area contributed by atoms with Crippen molar-refractivity contribution in [2.24, 2.45) is 0 Å². The molecule has 0 bridgehead atoms. The van der Waals surface area contributed by atoms with Crippen LogP contribution >= 0.6 is 11.8 Å². The van der Waals surface area contributed by atoms with Gasteiger partial charge in [-0.05, 0) is 12.1 Å². The van der Waals surface area contributed by atoms with Crippen molar-refractivity contribution in [3.05, 3.63) is 47.3 Å². The molecular weight excluding hydrogens is 381 g/mol. The second-order valence-corrected chi connectivity index (χ2v) is 5.79. The third kappa shape index (κ3) is 4.01. The number of hydrogen-bond acceptors (Lipinski definition) is 4. The Balaban J connectivity index is 2.13. The van der Waals surface area contributed by atoms with Gasteiger partial charge in [0.25, 0.3) is 0 Å². The molecule has 0 spiro atoms. The van der Waals surface area contributed by atoms with Crippen LogP contribution in [-0.2, 0) is 4.79 Å². The van der Waals surface area contributed by atoms with Crippen LogP contribution in [0.2, 0.25) is 0 Å². The molecule has 140 valence electrons. The summed E-state index contributed by atoms with van der Waals surface area (Å²) < 4.78 is 76.5. The molecule has 0 heterocycles. The molecule has 26 heavy (non-hydrogen) atoms. The lowest BCUT2D eigenvalue weighted by Gasteiger charge is -2.12. The first-order valence-electron chi connectivity index (χ1n) is 6.96. The minimum absolute atomic E-state index is 0.185. The summed E-state index contributed by atoms with van der Waals surface area (Å²) >= 11 is 0.185. The maximum Gasteiger partial charge on any atom is 0.234 e. The predicted molar refractivity (Wildman–Crippen MR) is 85.1 cm³/mol. The summed E-state index contributed by atoms with van der Waals surface area (Å²) in [4.78, 5) is 10.8. The third-order valence-corrected chi connectivity index (χ3v) is 4.25. The van der Waals surface area contributed by atoms with E-state index < -0.39 is 45.6 Å². The number of nitrogens with one attached hydrogen (secondary N) is 1. The van der Waals surface area contributed by atoms with E-state index in [9.17, 15) is 26.7 Å². The Morgan fingerprint density at radius 2 is 1.54 bits per heavy atom. The van der Waals surface area contributed by atoms with E-state index in [1.807, 2.05) is 0 Å². The van der Waals surface area contributed by atoms with Crippen LogP contribution in [0.25, 0.3) is 0 Å². The zero-order valence-corrected chi connectivity index (χ0v) is 14.3. The van der Waals surface area contributed by atoms with Crippen molar-refractivity contribution >= 4 is 23.4 Å². The van der Waals surface area contributed by atoms with Crippen LogP contribution < -0.4 is 14.8 Å². The minimum atomic E-state index is -2.25. The molecule has 2 rings (SSSR count). The summed E-state index contributed by atoms with van der Waals surface area (Å²) in [5.41, 5.74) is 0.247. The van der Waals surface area contributed by atoms with Crippen molar-refractivity contribution in [1.29, 1.82) is 0 Å². The summed E-state index contributed by atoms with van der Waals surface area (Å²) in [5.74, 6) is -10.9. The van der Waals surface area contributed by atoms with Crippen LogP contribution in [0.15, 0.2) is 23.1 Å². The smallest absolute Gasteiger partial charge is 0.234 e. The largest absolute Gasteiger partial charge is 0.497 e. The molecular formula is C16H12F5NO3S. The molecule has 0 radical (unpaired) electrons. The highest BCUT2D eigenvalue weighted by atomic mass is 32.2. The van der Waals surface area contributed by atoms with E-state index >= 15 is 0 Å². The average molecular weight is 393 g/mol. The lowest BCUT2D eigenvalue weighted by atomic mass is 10.2. The molecule has 0 unspecified atom stereocenters. The van der Waals surface area contributed by atoms with Gasteiger partial charge in [0.1, 0.15) is 11.5 Å². The number of anilines is 1. The standard InChI is InChI=1S/C16H12F5NO3S/c1-24-7-3-4-8(9(5-7)25-2)22-10(23)6-26-16-14(20)12(18)11(17)13(19)15(16)21/h3-5H,6H2,1-2H3,(H,22,23). The Labute approximate surface area is 149 Å². The zero-order chi connectivity index (χ0) is 19.4. The molecule has 10 heteroatoms. The van der Waals surface area contributed by atoms with Crippen LogP contribution in [0, 0.1) is 29.1 Å². The van der Waals surface area contributed by atoms with Crippen molar-refractivity contribution in [2.75, 3.05) is 25.3 Å². The van der Waals surface area contributed by atoms with Crippen LogP contribution in [0.4, 0.5) is 27.6 Å². The van der Waals surface area contributed by atoms with Crippen molar-refractivity contribution in [1.82, 2.24) is 0 Å². The number of carbonyl (C=O) groups excluding carboxylic acids is 1. The first kappa shape index (κ1) is 19.8. The lowest BCUT2D eigenvalue weighted by molar-refractivity contribution is -0.113. The molecule has 0 saturated carbocycles. The van der Waals surface area contributed by atoms with E-state index in [1.165, 1.54) is 32.4 Å². The maximum atomic E-state index is 13.6. The topological polar surface area (TPSA) is 47.6 Å². The highest BCUT2D eigenvalue weighted by molar-refractivity contribution is 8.00. The van der Waals surface area contributed by atoms with Crippen LogP contribution in [0.5, 0.6) is 11.5 Å². The van der Waals surface area contributed by atoms with E-state index in [1.54, 1.807) is 0 Å². The van der Waals surface area contributed by atoms with Crippen molar-refractivity contribution in [3.63, 3.8) is 0 Å². The fraction of sp³-hybridized carbons (Fsp3) is 0.188. The van der Waals surface area contributed by atoms with Crippen molar-refractivity contribution in [3.8, 4) is 11.5 Å². The van der Waals surface area contributed by atoms with Gasteiger partial charge in [0, 0.05) is 6.07 Å². The first-order valence-corrected chi connectivity index (χ1v) is 7.94. The number of ether oxygens (including phenoxy) is 2. The number of benzene rings is 2. The average Bonchev–Trinajstić information content (AvgIpc) is 2.65. The monoisotopic (exact) mass is 393 g/mol. The van der Waals surface area contributed by atoms with Gasteiger partial charge in [-0.25, -0.2) is 22.0 Å². The van der Waals surface area contributed by atoms with Gasteiger partial charge in [0.15, 0.2) is 23.3 Å². The third-order valence-electron chi connectivity index (χ3n) is 3.20. The molecule has 0 aromatic heterocycles. The summed E-state index contributed by atoms with van der Waals surface area (Å²) in [6.45, 7) is 0. The highest BCUT2D eigenvalue weighted by Crippen LogP contribution is 2.32. The molecule has 1 amide bonds. The number of thioether (sulfide) groups is 1. The molecule has 0 aliphatic rings. The number of methoxy groups -OCH3 is 2. The van der Waals surface area contributed by atoms with Crippen molar-refractivity contribution in [2.45, 2.75) is 4.90 Å². The van der Waals surface area contributed by atoms with Crippen LogP contribution in [0.1, 0.15) is 0 Å². The van der Waals surface area contributed by atoms with Gasteiger partial charge < -0.3 is 14.8 Å². The van der Waals surface area contributed by atoms with Gasteiger partial charge in [-0.3, -0.25) is 4.79 Å². The lowest BCUT2D eigenvalue weighted by Crippen LogP contribution is -2.15. The van der Waals surface area contributed by atoms with E-state index in [4.69, 9.17) is 9.47 Å². The fourth-order valence-electron chi connectivity index (χ4n) is 1.94. The van der Waals surface area contributed by atoms with Gasteiger partial charge in [0.2, 0.25) is 11.7 Å². The van der Waals surface area contributed by atoms with E-state index in [0.717, 1.165) is 0 Å². The molecule has 0 aliphatic heterocycles. The van der Waals surface area contributed by atoms with Gasteiger partial charge in [-0.1, -0.05) is 0 Å². The quantitative estimate of drug-likeness (QED) is 0.347. The Kier molecular flexibility index (Phi) is 6.30. The molecule has 2 aromatic rings. The van der Waals surface area contributed by atoms with Gasteiger partial charge in [-0.15, -0.1) is 11.8 Å². The number of rotatable bonds is 6. The minimum Gasteiger partial charge on any atom is -0.497 e. The van der Waals surface area contributed by atoms with Crippen LogP contribution in [0.3, 0.4) is 0 Å². The second kappa shape index (κ2) is 8.26. The van der Waals surface area contributed by atoms with E-state index in [0.29, 0.717) is 5.75 Å². The molecule has 0 aliphatic carbocycles. The molecule has 0 atom stereocenters. The summed E-state index contributed by atoms with van der Waals surface area (Å²) in [7, 11) is 2.79. The summed E-state index contributed by atoms with van der Waals surface area (Å²) in [5, 5.41) is 2.42. The maximum absolute atomic E-state index is 13.6. The molecule has 1 N–H and O–H groups in total. The van der Waals surface area contributed by atoms with Gasteiger partial charge >= 0.3 is 0 Å². The number of halogens is 5.